The average Bonchev–Trinajstić information content (AvgIpc) is 2.75. The molecule has 0 atom stereocenters. The fraction of sp³-hybridized carbons (Fsp3) is 0.429. The van der Waals surface area contributed by atoms with Crippen molar-refractivity contribution in [3.63, 3.8) is 0 Å². The molecule has 1 aliphatic rings. The topological polar surface area (TPSA) is 102 Å². The van der Waals surface area contributed by atoms with E-state index in [0.29, 0.717) is 31.8 Å². The molecule has 0 bridgehead atoms. The molecule has 0 spiro atoms. The first kappa shape index (κ1) is 23.7. The molecule has 0 saturated carbocycles. The number of aryl methyl sites for hydroxylation is 1. The Balaban J connectivity index is 1.58. The molecule has 1 aliphatic heterocycles. The van der Waals surface area contributed by atoms with Crippen LogP contribution in [0.3, 0.4) is 0 Å². The first-order chi connectivity index (χ1) is 14.7. The van der Waals surface area contributed by atoms with Gasteiger partial charge in [-0.1, -0.05) is 17.7 Å². The molecule has 0 aromatic heterocycles. The van der Waals surface area contributed by atoms with Gasteiger partial charge in [0.2, 0.25) is 20.0 Å². The zero-order valence-electron chi connectivity index (χ0n) is 17.7. The Morgan fingerprint density at radius 3 is 2.06 bits per heavy atom. The van der Waals surface area contributed by atoms with Gasteiger partial charge < -0.3 is 9.47 Å². The molecule has 1 N–H and O–H groups in total. The number of piperidine rings is 1. The summed E-state index contributed by atoms with van der Waals surface area (Å²) in [4.78, 5) is 0.395. The first-order valence-electron chi connectivity index (χ1n) is 10.0. The third-order valence-electron chi connectivity index (χ3n) is 5.12. The number of nitrogens with zero attached hydrogens (tertiary/aromatic N) is 1. The van der Waals surface area contributed by atoms with Gasteiger partial charge in [-0.05, 0) is 56.2 Å². The maximum Gasteiger partial charge on any atom is 0.243 e. The first-order valence-corrected chi connectivity index (χ1v) is 13.0. The molecule has 1 saturated heterocycles. The van der Waals surface area contributed by atoms with Crippen molar-refractivity contribution in [1.82, 2.24) is 9.03 Å². The normalized spacial score (nSPS) is 16.3. The summed E-state index contributed by atoms with van der Waals surface area (Å²) >= 11 is 0. The van der Waals surface area contributed by atoms with Crippen molar-refractivity contribution >= 4 is 20.0 Å². The van der Waals surface area contributed by atoms with Gasteiger partial charge in [0.1, 0.15) is 12.4 Å². The van der Waals surface area contributed by atoms with Gasteiger partial charge in [0.15, 0.2) is 0 Å². The Morgan fingerprint density at radius 2 is 1.48 bits per heavy atom. The minimum absolute atomic E-state index is 0.140. The van der Waals surface area contributed by atoms with Crippen LogP contribution in [-0.4, -0.2) is 60.6 Å². The molecule has 0 aliphatic carbocycles. The number of hydrogen-bond acceptors (Lipinski definition) is 6. The molecule has 1 heterocycles. The molecular formula is C21H28N2O6S2. The van der Waals surface area contributed by atoms with Gasteiger partial charge in [-0.2, -0.15) is 4.31 Å². The van der Waals surface area contributed by atoms with E-state index in [1.54, 1.807) is 43.5 Å². The molecule has 170 valence electrons. The van der Waals surface area contributed by atoms with Crippen LogP contribution in [0.15, 0.2) is 58.3 Å². The Bertz CT molecular complexity index is 1060. The predicted octanol–water partition coefficient (Wildman–Crippen LogP) is 2.15. The van der Waals surface area contributed by atoms with Crippen molar-refractivity contribution in [3.8, 4) is 5.75 Å². The van der Waals surface area contributed by atoms with Gasteiger partial charge in [-0.3, -0.25) is 0 Å². The Morgan fingerprint density at radius 1 is 0.903 bits per heavy atom. The van der Waals surface area contributed by atoms with Crippen LogP contribution in [0.25, 0.3) is 0 Å². The highest BCUT2D eigenvalue weighted by atomic mass is 32.2. The quantitative estimate of drug-likeness (QED) is 0.566. The van der Waals surface area contributed by atoms with Gasteiger partial charge >= 0.3 is 0 Å². The van der Waals surface area contributed by atoms with Crippen LogP contribution in [0.5, 0.6) is 5.75 Å². The van der Waals surface area contributed by atoms with Gasteiger partial charge in [0.05, 0.1) is 16.4 Å². The third kappa shape index (κ3) is 6.05. The number of hydrogen-bond donors (Lipinski definition) is 1. The van der Waals surface area contributed by atoms with E-state index in [1.165, 1.54) is 16.4 Å². The van der Waals surface area contributed by atoms with E-state index in [4.69, 9.17) is 9.47 Å². The van der Waals surface area contributed by atoms with E-state index in [-0.39, 0.29) is 28.9 Å². The van der Waals surface area contributed by atoms with E-state index in [2.05, 4.69) is 4.72 Å². The molecule has 8 nitrogen and oxygen atoms in total. The number of methoxy groups -OCH3 is 1. The zero-order valence-corrected chi connectivity index (χ0v) is 19.3. The number of nitrogens with one attached hydrogen (secondary N) is 1. The summed E-state index contributed by atoms with van der Waals surface area (Å²) in [7, 11) is -5.71. The van der Waals surface area contributed by atoms with E-state index >= 15 is 0 Å². The lowest BCUT2D eigenvalue weighted by Crippen LogP contribution is -2.46. The Hall–Kier alpha value is -1.98. The number of ether oxygens (including phenoxy) is 2. The molecule has 2 aromatic carbocycles. The molecular weight excluding hydrogens is 440 g/mol. The second kappa shape index (κ2) is 10.1. The zero-order chi connectivity index (χ0) is 22.5. The second-order valence-electron chi connectivity index (χ2n) is 7.43. The summed E-state index contributed by atoms with van der Waals surface area (Å²) < 4.78 is 65.5. The summed E-state index contributed by atoms with van der Waals surface area (Å²) in [5.74, 6) is 0.561. The third-order valence-corrected chi connectivity index (χ3v) is 8.57. The fourth-order valence-electron chi connectivity index (χ4n) is 3.32. The molecule has 0 amide bonds. The molecule has 3 rings (SSSR count). The van der Waals surface area contributed by atoms with Crippen molar-refractivity contribution in [1.29, 1.82) is 0 Å². The highest BCUT2D eigenvalue weighted by Gasteiger charge is 2.31. The smallest absolute Gasteiger partial charge is 0.243 e. The van der Waals surface area contributed by atoms with Crippen molar-refractivity contribution < 1.29 is 26.3 Å². The number of sulfonamides is 2. The van der Waals surface area contributed by atoms with Gasteiger partial charge in [-0.25, -0.2) is 21.6 Å². The maximum atomic E-state index is 12.8. The maximum absolute atomic E-state index is 12.8. The Kier molecular flexibility index (Phi) is 7.71. The van der Waals surface area contributed by atoms with Crippen LogP contribution < -0.4 is 9.46 Å². The predicted molar refractivity (Wildman–Crippen MR) is 117 cm³/mol. The average molecular weight is 469 g/mol. The monoisotopic (exact) mass is 468 g/mol. The number of benzene rings is 2. The molecule has 10 heteroatoms. The van der Waals surface area contributed by atoms with Gasteiger partial charge in [0.25, 0.3) is 0 Å². The summed E-state index contributed by atoms with van der Waals surface area (Å²) in [6, 6.07) is 12.6. The SMILES string of the molecule is COCCOc1ccc(S(=O)(=O)NC2CCN(S(=O)(=O)c3ccc(C)cc3)CC2)cc1. The van der Waals surface area contributed by atoms with E-state index < -0.39 is 20.0 Å². The van der Waals surface area contributed by atoms with Crippen LogP contribution in [0.4, 0.5) is 0 Å². The highest BCUT2D eigenvalue weighted by Crippen LogP contribution is 2.23. The van der Waals surface area contributed by atoms with Gasteiger partial charge in [-0.15, -0.1) is 0 Å². The summed E-state index contributed by atoms with van der Waals surface area (Å²) in [5.41, 5.74) is 0.988. The minimum Gasteiger partial charge on any atom is -0.491 e. The van der Waals surface area contributed by atoms with Crippen LogP contribution >= 0.6 is 0 Å². The van der Waals surface area contributed by atoms with Crippen molar-refractivity contribution in [2.24, 2.45) is 0 Å². The summed E-state index contributed by atoms with van der Waals surface area (Å²) in [6.45, 7) is 3.24. The summed E-state index contributed by atoms with van der Waals surface area (Å²) in [5, 5.41) is 0. The van der Waals surface area contributed by atoms with E-state index in [0.717, 1.165) is 5.56 Å². The fourth-order valence-corrected chi connectivity index (χ4v) is 6.09. The van der Waals surface area contributed by atoms with Crippen molar-refractivity contribution in [2.45, 2.75) is 35.6 Å². The molecule has 2 aromatic rings. The minimum atomic E-state index is -3.71. The van der Waals surface area contributed by atoms with Gasteiger partial charge in [0, 0.05) is 26.2 Å². The van der Waals surface area contributed by atoms with Crippen molar-refractivity contribution in [3.05, 3.63) is 54.1 Å². The molecule has 1 fully saturated rings. The molecule has 0 unspecified atom stereocenters. The largest absolute Gasteiger partial charge is 0.491 e. The van der Waals surface area contributed by atoms with Crippen LogP contribution in [-0.2, 0) is 24.8 Å². The summed E-state index contributed by atoms with van der Waals surface area (Å²) in [6.07, 6.45) is 0.811. The highest BCUT2D eigenvalue weighted by molar-refractivity contribution is 7.89. The molecule has 0 radical (unpaired) electrons. The lowest BCUT2D eigenvalue weighted by atomic mass is 10.1. The van der Waals surface area contributed by atoms with Crippen LogP contribution in [0, 0.1) is 6.92 Å². The van der Waals surface area contributed by atoms with Crippen molar-refractivity contribution in [2.75, 3.05) is 33.4 Å². The Labute approximate surface area is 184 Å². The van der Waals surface area contributed by atoms with E-state index in [9.17, 15) is 16.8 Å². The standard InChI is InChI=1S/C21H28N2O6S2/c1-17-3-7-21(8-4-17)31(26,27)23-13-11-18(12-14-23)22-30(24,25)20-9-5-19(6-10-20)29-16-15-28-2/h3-10,18,22H,11-16H2,1-2H3. The van der Waals surface area contributed by atoms with E-state index in [1.807, 2.05) is 6.92 Å². The lowest BCUT2D eigenvalue weighted by Gasteiger charge is -2.31. The molecule has 31 heavy (non-hydrogen) atoms. The number of rotatable bonds is 9. The lowest BCUT2D eigenvalue weighted by molar-refractivity contribution is 0.146. The second-order valence-corrected chi connectivity index (χ2v) is 11.1. The van der Waals surface area contributed by atoms with Crippen LogP contribution in [0.2, 0.25) is 0 Å². The van der Waals surface area contributed by atoms with Crippen LogP contribution in [0.1, 0.15) is 18.4 Å².